The number of carboxylic acids is 1. The first-order chi connectivity index (χ1) is 8.16. The Morgan fingerprint density at radius 3 is 3.12 bits per heavy atom. The minimum Gasteiger partial charge on any atom is -0.476 e. The molecule has 1 aromatic rings. The maximum absolute atomic E-state index is 10.8. The molecule has 1 saturated heterocycles. The molecule has 0 aromatic carbocycles. The highest BCUT2D eigenvalue weighted by Gasteiger charge is 2.16. The molecular weight excluding hydrogens is 244 g/mol. The number of ether oxygens (including phenoxy) is 1. The second-order valence-corrected chi connectivity index (χ2v) is 4.26. The number of anilines is 1. The smallest absolute Gasteiger partial charge is 0.356 e. The summed E-state index contributed by atoms with van der Waals surface area (Å²) < 4.78 is 5.44. The second kappa shape index (κ2) is 5.33. The predicted octanol–water partition coefficient (Wildman–Crippen LogP) is 2.02. The lowest BCUT2D eigenvalue weighted by molar-refractivity contribution is 0.0691. The van der Waals surface area contributed by atoms with Gasteiger partial charge < -0.3 is 15.2 Å². The lowest BCUT2D eigenvalue weighted by atomic mass is 10.2. The molecule has 0 bridgehead atoms. The molecule has 0 spiro atoms. The molecule has 0 radical (unpaired) electrons. The molecule has 1 fully saturated rings. The van der Waals surface area contributed by atoms with Gasteiger partial charge in [-0.25, -0.2) is 9.78 Å². The Morgan fingerprint density at radius 1 is 1.65 bits per heavy atom. The van der Waals surface area contributed by atoms with Gasteiger partial charge in [-0.15, -0.1) is 0 Å². The molecule has 5 nitrogen and oxygen atoms in total. The van der Waals surface area contributed by atoms with Gasteiger partial charge in [0.25, 0.3) is 0 Å². The van der Waals surface area contributed by atoms with Gasteiger partial charge in [0.05, 0.1) is 11.1 Å². The average Bonchev–Trinajstić information content (AvgIpc) is 2.80. The van der Waals surface area contributed by atoms with Gasteiger partial charge in [-0.05, 0) is 25.0 Å². The van der Waals surface area contributed by atoms with E-state index in [1.807, 2.05) is 0 Å². The fourth-order valence-electron chi connectivity index (χ4n) is 1.71. The zero-order valence-electron chi connectivity index (χ0n) is 9.15. The van der Waals surface area contributed by atoms with Crippen LogP contribution in [0.25, 0.3) is 0 Å². The van der Waals surface area contributed by atoms with Crippen molar-refractivity contribution in [2.45, 2.75) is 18.9 Å². The van der Waals surface area contributed by atoms with Crippen LogP contribution < -0.4 is 5.32 Å². The molecule has 1 unspecified atom stereocenters. The molecule has 6 heteroatoms. The van der Waals surface area contributed by atoms with Crippen molar-refractivity contribution in [3.8, 4) is 0 Å². The molecule has 2 heterocycles. The summed E-state index contributed by atoms with van der Waals surface area (Å²) in [6, 6.07) is 3.18. The Hall–Kier alpha value is -1.33. The first-order valence-corrected chi connectivity index (χ1v) is 5.80. The molecule has 2 rings (SSSR count). The Labute approximate surface area is 104 Å². The minimum atomic E-state index is -1.13. The van der Waals surface area contributed by atoms with Crippen LogP contribution in [-0.2, 0) is 4.74 Å². The molecule has 1 aliphatic heterocycles. The van der Waals surface area contributed by atoms with E-state index in [1.54, 1.807) is 6.07 Å². The first-order valence-electron chi connectivity index (χ1n) is 5.42. The summed E-state index contributed by atoms with van der Waals surface area (Å²) in [5.74, 6) is -0.627. The van der Waals surface area contributed by atoms with E-state index < -0.39 is 5.97 Å². The molecular formula is C11H13ClN2O3. The summed E-state index contributed by atoms with van der Waals surface area (Å²) in [4.78, 5) is 14.8. The maximum atomic E-state index is 10.8. The summed E-state index contributed by atoms with van der Waals surface area (Å²) in [6.07, 6.45) is 2.27. The van der Waals surface area contributed by atoms with E-state index in [4.69, 9.17) is 21.4 Å². The Morgan fingerprint density at radius 2 is 2.47 bits per heavy atom. The van der Waals surface area contributed by atoms with E-state index in [9.17, 15) is 4.79 Å². The Balaban J connectivity index is 2.00. The van der Waals surface area contributed by atoms with Gasteiger partial charge in [0.2, 0.25) is 0 Å². The van der Waals surface area contributed by atoms with E-state index >= 15 is 0 Å². The van der Waals surface area contributed by atoms with Crippen LogP contribution in [0, 0.1) is 0 Å². The molecule has 1 aromatic heterocycles. The Kier molecular flexibility index (Phi) is 3.81. The number of hydrogen-bond donors (Lipinski definition) is 2. The summed E-state index contributed by atoms with van der Waals surface area (Å²) >= 11 is 5.72. The lowest BCUT2D eigenvalue weighted by Gasteiger charge is -2.11. The first kappa shape index (κ1) is 12.1. The standard InChI is InChI=1S/C11H13ClN2O3/c12-8-3-4-9(14-10(8)11(15)16)13-6-7-2-1-5-17-7/h3-4,7H,1-2,5-6H2,(H,13,14)(H,15,16). The summed E-state index contributed by atoms with van der Waals surface area (Å²) in [6.45, 7) is 1.43. The van der Waals surface area contributed by atoms with Crippen LogP contribution in [0.2, 0.25) is 5.02 Å². The largest absolute Gasteiger partial charge is 0.476 e. The van der Waals surface area contributed by atoms with Gasteiger partial charge >= 0.3 is 5.97 Å². The van der Waals surface area contributed by atoms with Crippen molar-refractivity contribution in [3.63, 3.8) is 0 Å². The number of halogens is 1. The van der Waals surface area contributed by atoms with Crippen LogP contribution in [0.3, 0.4) is 0 Å². The number of aromatic carboxylic acids is 1. The van der Waals surface area contributed by atoms with Crippen LogP contribution in [0.1, 0.15) is 23.3 Å². The molecule has 2 N–H and O–H groups in total. The monoisotopic (exact) mass is 256 g/mol. The molecule has 1 aliphatic rings. The lowest BCUT2D eigenvalue weighted by Crippen LogP contribution is -2.19. The van der Waals surface area contributed by atoms with Crippen LogP contribution in [0.15, 0.2) is 12.1 Å². The second-order valence-electron chi connectivity index (χ2n) is 3.85. The molecule has 92 valence electrons. The summed E-state index contributed by atoms with van der Waals surface area (Å²) in [5.41, 5.74) is -0.135. The fraction of sp³-hybridized carbons (Fsp3) is 0.455. The van der Waals surface area contributed by atoms with Crippen molar-refractivity contribution < 1.29 is 14.6 Å². The van der Waals surface area contributed by atoms with Crippen LogP contribution >= 0.6 is 11.6 Å². The van der Waals surface area contributed by atoms with Crippen LogP contribution in [-0.4, -0.2) is 35.3 Å². The van der Waals surface area contributed by atoms with Crippen molar-refractivity contribution in [2.75, 3.05) is 18.5 Å². The van der Waals surface area contributed by atoms with Crippen molar-refractivity contribution in [3.05, 3.63) is 22.8 Å². The molecule has 0 aliphatic carbocycles. The minimum absolute atomic E-state index is 0.135. The zero-order chi connectivity index (χ0) is 12.3. The quantitative estimate of drug-likeness (QED) is 0.862. The highest BCUT2D eigenvalue weighted by atomic mass is 35.5. The third-order valence-corrected chi connectivity index (χ3v) is 2.89. The van der Waals surface area contributed by atoms with E-state index in [1.165, 1.54) is 6.07 Å². The van der Waals surface area contributed by atoms with Gasteiger partial charge in [-0.2, -0.15) is 0 Å². The van der Waals surface area contributed by atoms with Gasteiger partial charge in [0.15, 0.2) is 5.69 Å². The molecule has 0 amide bonds. The van der Waals surface area contributed by atoms with E-state index in [0.29, 0.717) is 12.4 Å². The number of aromatic nitrogens is 1. The van der Waals surface area contributed by atoms with Crippen LogP contribution in [0.5, 0.6) is 0 Å². The summed E-state index contributed by atoms with van der Waals surface area (Å²) in [7, 11) is 0. The third-order valence-electron chi connectivity index (χ3n) is 2.58. The number of pyridine rings is 1. The van der Waals surface area contributed by atoms with E-state index in [2.05, 4.69) is 10.3 Å². The van der Waals surface area contributed by atoms with Gasteiger partial charge in [-0.1, -0.05) is 11.6 Å². The molecule has 17 heavy (non-hydrogen) atoms. The fourth-order valence-corrected chi connectivity index (χ4v) is 1.90. The van der Waals surface area contributed by atoms with E-state index in [0.717, 1.165) is 19.4 Å². The number of hydrogen-bond acceptors (Lipinski definition) is 4. The number of carbonyl (C=O) groups is 1. The van der Waals surface area contributed by atoms with Crippen LogP contribution in [0.4, 0.5) is 5.82 Å². The summed E-state index contributed by atoms with van der Waals surface area (Å²) in [5, 5.41) is 12.1. The average molecular weight is 257 g/mol. The topological polar surface area (TPSA) is 71.5 Å². The van der Waals surface area contributed by atoms with E-state index in [-0.39, 0.29) is 16.8 Å². The Bertz CT molecular complexity index is 419. The predicted molar refractivity (Wildman–Crippen MR) is 63.7 cm³/mol. The SMILES string of the molecule is O=C(O)c1nc(NCC2CCCO2)ccc1Cl. The molecule has 0 saturated carbocycles. The number of nitrogens with one attached hydrogen (secondary N) is 1. The zero-order valence-corrected chi connectivity index (χ0v) is 9.91. The van der Waals surface area contributed by atoms with Crippen molar-refractivity contribution in [1.29, 1.82) is 0 Å². The van der Waals surface area contributed by atoms with Gasteiger partial charge in [0, 0.05) is 13.2 Å². The number of carboxylic acid groups (broad SMARTS) is 1. The number of rotatable bonds is 4. The van der Waals surface area contributed by atoms with Gasteiger partial charge in [-0.3, -0.25) is 0 Å². The maximum Gasteiger partial charge on any atom is 0.356 e. The highest BCUT2D eigenvalue weighted by molar-refractivity contribution is 6.33. The van der Waals surface area contributed by atoms with Crippen molar-refractivity contribution in [1.82, 2.24) is 4.98 Å². The normalized spacial score (nSPS) is 19.2. The third kappa shape index (κ3) is 3.08. The molecule has 1 atom stereocenters. The van der Waals surface area contributed by atoms with Gasteiger partial charge in [0.1, 0.15) is 5.82 Å². The van der Waals surface area contributed by atoms with Crippen molar-refractivity contribution in [2.24, 2.45) is 0 Å². The highest BCUT2D eigenvalue weighted by Crippen LogP contribution is 2.18. The van der Waals surface area contributed by atoms with Crippen molar-refractivity contribution >= 4 is 23.4 Å². The number of nitrogens with zero attached hydrogens (tertiary/aromatic N) is 1.